The van der Waals surface area contributed by atoms with Crippen molar-refractivity contribution in [3.8, 4) is 0 Å². The van der Waals surface area contributed by atoms with Crippen LogP contribution in [0.1, 0.15) is 25.7 Å². The molecule has 0 heterocycles. The third kappa shape index (κ3) is 1.81. The molecule has 5 heteroatoms. The summed E-state index contributed by atoms with van der Waals surface area (Å²) in [5.74, 6) is 1.69. The first-order valence-corrected chi connectivity index (χ1v) is 5.02. The Kier molecular flexibility index (Phi) is 2.31. The third-order valence-electron chi connectivity index (χ3n) is 3.33. The average molecular weight is 197 g/mol. The lowest BCUT2D eigenvalue weighted by Gasteiger charge is -2.22. The van der Waals surface area contributed by atoms with Crippen LogP contribution in [-0.2, 0) is 0 Å². The molecule has 0 radical (unpaired) electrons. The van der Waals surface area contributed by atoms with E-state index in [-0.39, 0.29) is 5.82 Å². The molecule has 3 atom stereocenters. The van der Waals surface area contributed by atoms with Crippen molar-refractivity contribution in [2.24, 2.45) is 17.6 Å². The van der Waals surface area contributed by atoms with E-state index in [4.69, 9.17) is 5.73 Å². The lowest BCUT2D eigenvalue weighted by atomic mass is 9.95. The van der Waals surface area contributed by atoms with Crippen molar-refractivity contribution in [3.05, 3.63) is 22.1 Å². The van der Waals surface area contributed by atoms with E-state index in [9.17, 15) is 10.1 Å². The summed E-state index contributed by atoms with van der Waals surface area (Å²) >= 11 is 0. The van der Waals surface area contributed by atoms with Crippen LogP contribution in [0, 0.1) is 22.0 Å². The smallest absolute Gasteiger partial charge is 0.273 e. The van der Waals surface area contributed by atoms with Gasteiger partial charge in [-0.15, -0.1) is 0 Å². The number of hydrogen-bond donors (Lipinski definition) is 2. The van der Waals surface area contributed by atoms with Crippen LogP contribution in [0.4, 0.5) is 0 Å². The van der Waals surface area contributed by atoms with E-state index in [1.807, 2.05) is 0 Å². The van der Waals surface area contributed by atoms with E-state index in [1.165, 1.54) is 19.3 Å². The van der Waals surface area contributed by atoms with Crippen LogP contribution >= 0.6 is 0 Å². The summed E-state index contributed by atoms with van der Waals surface area (Å²) in [6, 6.07) is 0.366. The van der Waals surface area contributed by atoms with E-state index in [0.29, 0.717) is 12.0 Å². The van der Waals surface area contributed by atoms with Crippen molar-refractivity contribution >= 4 is 0 Å². The Balaban J connectivity index is 1.89. The number of nitro groups is 1. The zero-order chi connectivity index (χ0) is 10.1. The van der Waals surface area contributed by atoms with E-state index >= 15 is 0 Å². The molecule has 3 N–H and O–H groups in total. The number of nitrogens with zero attached hydrogens (tertiary/aromatic N) is 1. The molecule has 2 aliphatic rings. The maximum absolute atomic E-state index is 10.2. The average Bonchev–Trinajstić information content (AvgIpc) is 2.62. The van der Waals surface area contributed by atoms with Gasteiger partial charge in [0.25, 0.3) is 6.20 Å². The van der Waals surface area contributed by atoms with Gasteiger partial charge in [0.05, 0.1) is 4.92 Å². The summed E-state index contributed by atoms with van der Waals surface area (Å²) < 4.78 is 0. The van der Waals surface area contributed by atoms with Gasteiger partial charge in [-0.2, -0.15) is 0 Å². The number of fused-ring (bicyclic) bond motifs is 2. The van der Waals surface area contributed by atoms with Gasteiger partial charge in [0.15, 0.2) is 5.82 Å². The molecule has 0 aromatic heterocycles. The Hall–Kier alpha value is -1.26. The topological polar surface area (TPSA) is 81.2 Å². The second kappa shape index (κ2) is 3.48. The molecule has 0 aromatic carbocycles. The molecule has 0 aromatic rings. The highest BCUT2D eigenvalue weighted by molar-refractivity contribution is 5.00. The van der Waals surface area contributed by atoms with E-state index in [0.717, 1.165) is 18.5 Å². The normalized spacial score (nSPS) is 36.0. The van der Waals surface area contributed by atoms with Crippen molar-refractivity contribution in [1.29, 1.82) is 0 Å². The monoisotopic (exact) mass is 197 g/mol. The van der Waals surface area contributed by atoms with Crippen LogP contribution in [0.15, 0.2) is 12.0 Å². The van der Waals surface area contributed by atoms with Gasteiger partial charge >= 0.3 is 0 Å². The van der Waals surface area contributed by atoms with Crippen molar-refractivity contribution in [3.63, 3.8) is 0 Å². The Morgan fingerprint density at radius 1 is 1.50 bits per heavy atom. The minimum Gasteiger partial charge on any atom is -0.380 e. The molecular weight excluding hydrogens is 182 g/mol. The van der Waals surface area contributed by atoms with Gasteiger partial charge in [-0.05, 0) is 31.1 Å². The molecule has 0 aliphatic heterocycles. The Labute approximate surface area is 82.5 Å². The van der Waals surface area contributed by atoms with E-state index < -0.39 is 4.92 Å². The van der Waals surface area contributed by atoms with Gasteiger partial charge in [0, 0.05) is 6.04 Å². The Morgan fingerprint density at radius 2 is 2.29 bits per heavy atom. The highest BCUT2D eigenvalue weighted by Gasteiger charge is 2.39. The molecular formula is C9H15N3O2. The second-order valence-corrected chi connectivity index (χ2v) is 4.30. The van der Waals surface area contributed by atoms with Crippen LogP contribution in [0.3, 0.4) is 0 Å². The van der Waals surface area contributed by atoms with Crippen LogP contribution in [-0.4, -0.2) is 11.0 Å². The lowest BCUT2D eigenvalue weighted by Crippen LogP contribution is -2.36. The molecule has 2 saturated carbocycles. The third-order valence-corrected chi connectivity index (χ3v) is 3.33. The largest absolute Gasteiger partial charge is 0.380 e. The van der Waals surface area contributed by atoms with Crippen LogP contribution in [0.5, 0.6) is 0 Å². The molecule has 0 saturated heterocycles. The summed E-state index contributed by atoms with van der Waals surface area (Å²) in [5, 5.41) is 13.2. The zero-order valence-electron chi connectivity index (χ0n) is 7.98. The summed E-state index contributed by atoms with van der Waals surface area (Å²) in [6.07, 6.45) is 5.79. The van der Waals surface area contributed by atoms with Crippen LogP contribution < -0.4 is 11.1 Å². The fraction of sp³-hybridized carbons (Fsp3) is 0.778. The summed E-state index contributed by atoms with van der Waals surface area (Å²) in [4.78, 5) is 9.63. The highest BCUT2D eigenvalue weighted by Crippen LogP contribution is 2.44. The molecule has 5 nitrogen and oxygen atoms in total. The van der Waals surface area contributed by atoms with Gasteiger partial charge in [-0.3, -0.25) is 10.1 Å². The van der Waals surface area contributed by atoms with Crippen molar-refractivity contribution in [1.82, 2.24) is 5.32 Å². The quantitative estimate of drug-likeness (QED) is 0.518. The highest BCUT2D eigenvalue weighted by atomic mass is 16.6. The summed E-state index contributed by atoms with van der Waals surface area (Å²) in [6.45, 7) is 0. The molecule has 3 unspecified atom stereocenters. The predicted octanol–water partition coefficient (Wildman–Crippen LogP) is 0.799. The fourth-order valence-corrected chi connectivity index (χ4v) is 2.79. The standard InChI is InChI=1S/C9H15N3O2/c10-9(5-12(13)14)11-8-4-6-1-2-7(8)3-6/h5-8,11H,1-4,10H2. The van der Waals surface area contributed by atoms with Gasteiger partial charge < -0.3 is 11.1 Å². The van der Waals surface area contributed by atoms with Crippen molar-refractivity contribution < 1.29 is 4.92 Å². The molecule has 2 aliphatic carbocycles. The fourth-order valence-electron chi connectivity index (χ4n) is 2.79. The summed E-state index contributed by atoms with van der Waals surface area (Å²) in [7, 11) is 0. The molecule has 78 valence electrons. The van der Waals surface area contributed by atoms with Gasteiger partial charge in [0.2, 0.25) is 0 Å². The number of nitrogens with one attached hydrogen (secondary N) is 1. The number of rotatable bonds is 3. The molecule has 2 bridgehead atoms. The second-order valence-electron chi connectivity index (χ2n) is 4.30. The SMILES string of the molecule is NC(=C[N+](=O)[O-])NC1CC2CCC1C2. The zero-order valence-corrected chi connectivity index (χ0v) is 7.98. The summed E-state index contributed by atoms with van der Waals surface area (Å²) in [5.41, 5.74) is 5.49. The minimum absolute atomic E-state index is 0.188. The van der Waals surface area contributed by atoms with E-state index in [1.54, 1.807) is 0 Å². The number of nitrogens with two attached hydrogens (primary N) is 1. The first kappa shape index (κ1) is 9.30. The van der Waals surface area contributed by atoms with Gasteiger partial charge in [-0.1, -0.05) is 6.42 Å². The molecule has 14 heavy (non-hydrogen) atoms. The molecule has 2 rings (SSSR count). The first-order chi connectivity index (χ1) is 6.65. The maximum Gasteiger partial charge on any atom is 0.273 e. The van der Waals surface area contributed by atoms with Crippen LogP contribution in [0.25, 0.3) is 0 Å². The van der Waals surface area contributed by atoms with Crippen LogP contribution in [0.2, 0.25) is 0 Å². The van der Waals surface area contributed by atoms with Crippen molar-refractivity contribution in [2.45, 2.75) is 31.7 Å². The Morgan fingerprint density at radius 3 is 2.79 bits per heavy atom. The Bertz CT molecular complexity index is 277. The lowest BCUT2D eigenvalue weighted by molar-refractivity contribution is -0.403. The minimum atomic E-state index is -0.518. The molecule has 2 fully saturated rings. The van der Waals surface area contributed by atoms with E-state index in [2.05, 4.69) is 5.32 Å². The maximum atomic E-state index is 10.2. The van der Waals surface area contributed by atoms with Crippen molar-refractivity contribution in [2.75, 3.05) is 0 Å². The molecule has 0 spiro atoms. The molecule has 0 amide bonds. The van der Waals surface area contributed by atoms with Gasteiger partial charge in [0.1, 0.15) is 0 Å². The predicted molar refractivity (Wildman–Crippen MR) is 51.6 cm³/mol. The number of hydrogen-bond acceptors (Lipinski definition) is 4. The first-order valence-electron chi connectivity index (χ1n) is 5.02. The van der Waals surface area contributed by atoms with Gasteiger partial charge in [-0.25, -0.2) is 0 Å².